The van der Waals surface area contributed by atoms with E-state index >= 15 is 0 Å². The predicted molar refractivity (Wildman–Crippen MR) is 75.4 cm³/mol. The van der Waals surface area contributed by atoms with Gasteiger partial charge in [0.1, 0.15) is 5.69 Å². The number of fused-ring (bicyclic) bond motifs is 1. The zero-order valence-corrected chi connectivity index (χ0v) is 11.1. The summed E-state index contributed by atoms with van der Waals surface area (Å²) < 4.78 is 0. The first-order chi connectivity index (χ1) is 9.16. The van der Waals surface area contributed by atoms with Crippen LogP contribution in [0.25, 0.3) is 0 Å². The monoisotopic (exact) mass is 252 g/mol. The van der Waals surface area contributed by atoms with Gasteiger partial charge in [-0.25, -0.2) is 4.98 Å². The fourth-order valence-electron chi connectivity index (χ4n) is 2.66. The van der Waals surface area contributed by atoms with Crippen LogP contribution in [0.5, 0.6) is 0 Å². The van der Waals surface area contributed by atoms with Gasteiger partial charge in [-0.05, 0) is 44.0 Å². The molecule has 1 aromatic heterocycles. The SMILES string of the molecule is Cc1cccc(C(=O)N2c3ccccc3C[C@@H]2C)n1. The second kappa shape index (κ2) is 4.50. The van der Waals surface area contributed by atoms with Crippen LogP contribution in [0.15, 0.2) is 42.5 Å². The third kappa shape index (κ3) is 2.01. The van der Waals surface area contributed by atoms with Gasteiger partial charge in [0.15, 0.2) is 0 Å². The van der Waals surface area contributed by atoms with Crippen LogP contribution >= 0.6 is 0 Å². The molecular weight excluding hydrogens is 236 g/mol. The summed E-state index contributed by atoms with van der Waals surface area (Å²) in [4.78, 5) is 18.8. The molecule has 1 aromatic carbocycles. The predicted octanol–water partition coefficient (Wildman–Crippen LogP) is 2.98. The van der Waals surface area contributed by atoms with Crippen LogP contribution in [0.4, 0.5) is 5.69 Å². The van der Waals surface area contributed by atoms with E-state index in [1.165, 1.54) is 5.56 Å². The highest BCUT2D eigenvalue weighted by Crippen LogP contribution is 2.32. The van der Waals surface area contributed by atoms with Crippen molar-refractivity contribution in [3.63, 3.8) is 0 Å². The number of pyridine rings is 1. The molecule has 1 amide bonds. The molecule has 2 aromatic rings. The van der Waals surface area contributed by atoms with Gasteiger partial charge in [0, 0.05) is 17.4 Å². The summed E-state index contributed by atoms with van der Waals surface area (Å²) in [5.74, 6) is -0.0128. The summed E-state index contributed by atoms with van der Waals surface area (Å²) in [6.07, 6.45) is 0.910. The Morgan fingerprint density at radius 1 is 1.21 bits per heavy atom. The molecule has 0 radical (unpaired) electrons. The van der Waals surface area contributed by atoms with Crippen molar-refractivity contribution in [1.29, 1.82) is 0 Å². The van der Waals surface area contributed by atoms with E-state index in [-0.39, 0.29) is 11.9 Å². The number of amides is 1. The lowest BCUT2D eigenvalue weighted by atomic mass is 10.1. The van der Waals surface area contributed by atoms with E-state index in [1.807, 2.05) is 42.2 Å². The molecule has 0 N–H and O–H groups in total. The normalized spacial score (nSPS) is 17.4. The summed E-state index contributed by atoms with van der Waals surface area (Å²) in [7, 11) is 0. The van der Waals surface area contributed by atoms with Crippen LogP contribution in [0.3, 0.4) is 0 Å². The summed E-state index contributed by atoms with van der Waals surface area (Å²) >= 11 is 0. The van der Waals surface area contributed by atoms with Gasteiger partial charge in [0.05, 0.1) is 0 Å². The smallest absolute Gasteiger partial charge is 0.277 e. The van der Waals surface area contributed by atoms with E-state index in [0.717, 1.165) is 17.8 Å². The average Bonchev–Trinajstić information content (AvgIpc) is 2.74. The molecule has 1 aliphatic heterocycles. The molecule has 0 unspecified atom stereocenters. The number of aromatic nitrogens is 1. The van der Waals surface area contributed by atoms with E-state index in [2.05, 4.69) is 18.0 Å². The molecule has 3 heteroatoms. The van der Waals surface area contributed by atoms with Gasteiger partial charge in [-0.1, -0.05) is 24.3 Å². The van der Waals surface area contributed by atoms with Crippen molar-refractivity contribution in [2.45, 2.75) is 26.3 Å². The zero-order chi connectivity index (χ0) is 13.4. The molecule has 0 aliphatic carbocycles. The lowest BCUT2D eigenvalue weighted by Gasteiger charge is -2.22. The number of hydrogen-bond acceptors (Lipinski definition) is 2. The first-order valence-corrected chi connectivity index (χ1v) is 6.52. The van der Waals surface area contributed by atoms with Crippen LogP contribution in [0.2, 0.25) is 0 Å². The molecule has 0 bridgehead atoms. The van der Waals surface area contributed by atoms with Gasteiger partial charge in [0.25, 0.3) is 5.91 Å². The van der Waals surface area contributed by atoms with Crippen LogP contribution < -0.4 is 4.90 Å². The van der Waals surface area contributed by atoms with Crippen molar-refractivity contribution in [3.05, 3.63) is 59.4 Å². The Bertz CT molecular complexity index is 636. The zero-order valence-electron chi connectivity index (χ0n) is 11.1. The maximum Gasteiger partial charge on any atom is 0.277 e. The molecule has 2 heterocycles. The van der Waals surface area contributed by atoms with Crippen molar-refractivity contribution in [3.8, 4) is 0 Å². The number of aryl methyl sites for hydroxylation is 1. The first kappa shape index (κ1) is 11.9. The highest BCUT2D eigenvalue weighted by atomic mass is 16.2. The third-order valence-corrected chi connectivity index (χ3v) is 3.53. The maximum absolute atomic E-state index is 12.6. The van der Waals surface area contributed by atoms with E-state index < -0.39 is 0 Å². The van der Waals surface area contributed by atoms with Crippen molar-refractivity contribution in [2.75, 3.05) is 4.90 Å². The molecule has 0 fully saturated rings. The molecule has 0 saturated heterocycles. The third-order valence-electron chi connectivity index (χ3n) is 3.53. The Hall–Kier alpha value is -2.16. The fraction of sp³-hybridized carbons (Fsp3) is 0.250. The molecule has 0 saturated carbocycles. The minimum absolute atomic E-state index is 0.0128. The Balaban J connectivity index is 2.01. The van der Waals surface area contributed by atoms with Crippen molar-refractivity contribution < 1.29 is 4.79 Å². The molecule has 1 aliphatic rings. The number of nitrogens with zero attached hydrogens (tertiary/aromatic N) is 2. The average molecular weight is 252 g/mol. The Morgan fingerprint density at radius 2 is 2.00 bits per heavy atom. The quantitative estimate of drug-likeness (QED) is 0.781. The van der Waals surface area contributed by atoms with Gasteiger partial charge in [-0.3, -0.25) is 4.79 Å². The molecule has 19 heavy (non-hydrogen) atoms. The van der Waals surface area contributed by atoms with Crippen molar-refractivity contribution in [2.24, 2.45) is 0 Å². The lowest BCUT2D eigenvalue weighted by Crippen LogP contribution is -2.36. The van der Waals surface area contributed by atoms with Crippen molar-refractivity contribution in [1.82, 2.24) is 4.98 Å². The molecule has 96 valence electrons. The van der Waals surface area contributed by atoms with Crippen molar-refractivity contribution >= 4 is 11.6 Å². The van der Waals surface area contributed by atoms with E-state index in [9.17, 15) is 4.79 Å². The van der Waals surface area contributed by atoms with Gasteiger partial charge in [-0.15, -0.1) is 0 Å². The number of carbonyl (C=O) groups is 1. The minimum atomic E-state index is -0.0128. The number of para-hydroxylation sites is 1. The number of benzene rings is 1. The second-order valence-corrected chi connectivity index (χ2v) is 5.02. The number of rotatable bonds is 1. The molecule has 3 nitrogen and oxygen atoms in total. The van der Waals surface area contributed by atoms with Gasteiger partial charge >= 0.3 is 0 Å². The van der Waals surface area contributed by atoms with E-state index in [1.54, 1.807) is 6.07 Å². The highest BCUT2D eigenvalue weighted by molar-refractivity contribution is 6.06. The molecular formula is C16H16N2O. The minimum Gasteiger partial charge on any atom is -0.304 e. The standard InChI is InChI=1S/C16H16N2O/c1-11-6-5-8-14(17-11)16(19)18-12(2)10-13-7-3-4-9-15(13)18/h3-9,12H,10H2,1-2H3/t12-/m0/s1. The van der Waals surface area contributed by atoms with E-state index in [4.69, 9.17) is 0 Å². The molecule has 3 rings (SSSR count). The summed E-state index contributed by atoms with van der Waals surface area (Å²) in [5, 5.41) is 0. The number of carbonyl (C=O) groups excluding carboxylic acids is 1. The Morgan fingerprint density at radius 3 is 2.79 bits per heavy atom. The van der Waals surface area contributed by atoms with Crippen LogP contribution in [-0.2, 0) is 6.42 Å². The van der Waals surface area contributed by atoms with Crippen LogP contribution in [0.1, 0.15) is 28.7 Å². The van der Waals surface area contributed by atoms with Gasteiger partial charge in [0.2, 0.25) is 0 Å². The van der Waals surface area contributed by atoms with Gasteiger partial charge < -0.3 is 4.90 Å². The number of hydrogen-bond donors (Lipinski definition) is 0. The summed E-state index contributed by atoms with van der Waals surface area (Å²) in [5.41, 5.74) is 3.63. The summed E-state index contributed by atoms with van der Waals surface area (Å²) in [6.45, 7) is 3.98. The highest BCUT2D eigenvalue weighted by Gasteiger charge is 2.31. The van der Waals surface area contributed by atoms with E-state index in [0.29, 0.717) is 5.69 Å². The second-order valence-electron chi connectivity index (χ2n) is 5.02. The van der Waals surface area contributed by atoms with Crippen LogP contribution in [0, 0.1) is 6.92 Å². The Kier molecular flexibility index (Phi) is 2.82. The topological polar surface area (TPSA) is 33.2 Å². The number of anilines is 1. The molecule has 0 spiro atoms. The van der Waals surface area contributed by atoms with Gasteiger partial charge in [-0.2, -0.15) is 0 Å². The maximum atomic E-state index is 12.6. The lowest BCUT2D eigenvalue weighted by molar-refractivity contribution is 0.0976. The fourth-order valence-corrected chi connectivity index (χ4v) is 2.66. The largest absolute Gasteiger partial charge is 0.304 e. The first-order valence-electron chi connectivity index (χ1n) is 6.52. The van der Waals surface area contributed by atoms with Crippen LogP contribution in [-0.4, -0.2) is 16.9 Å². The summed E-state index contributed by atoms with van der Waals surface area (Å²) in [6, 6.07) is 13.8. The molecule has 1 atom stereocenters. The Labute approximate surface area is 112 Å².